The minimum absolute atomic E-state index is 0.226. The number of anilines is 1. The molecule has 0 aliphatic rings. The summed E-state index contributed by atoms with van der Waals surface area (Å²) in [6.45, 7) is -0.664. The number of hydrogen-bond donors (Lipinski definition) is 1. The molecule has 0 saturated carbocycles. The maximum atomic E-state index is 12.1. The van der Waals surface area contributed by atoms with Crippen LogP contribution >= 0.6 is 0 Å². The van der Waals surface area contributed by atoms with E-state index in [4.69, 9.17) is 10.5 Å². The van der Waals surface area contributed by atoms with E-state index in [0.717, 1.165) is 0 Å². The van der Waals surface area contributed by atoms with Crippen molar-refractivity contribution < 1.29 is 9.13 Å². The lowest BCUT2D eigenvalue weighted by molar-refractivity contribution is 0.413. The SMILES string of the molecule is COc1ccnc(CF)c1N. The first kappa shape index (κ1) is 7.78. The number of hydrogen-bond acceptors (Lipinski definition) is 3. The molecule has 3 nitrogen and oxygen atoms in total. The van der Waals surface area contributed by atoms with E-state index in [0.29, 0.717) is 5.75 Å². The van der Waals surface area contributed by atoms with Crippen LogP contribution in [0.1, 0.15) is 5.69 Å². The van der Waals surface area contributed by atoms with Gasteiger partial charge in [0.05, 0.1) is 18.5 Å². The summed E-state index contributed by atoms with van der Waals surface area (Å²) >= 11 is 0. The van der Waals surface area contributed by atoms with Gasteiger partial charge in [-0.1, -0.05) is 0 Å². The molecule has 0 aliphatic heterocycles. The number of ether oxygens (including phenoxy) is 1. The van der Waals surface area contributed by atoms with Gasteiger partial charge in [0.2, 0.25) is 0 Å². The standard InChI is InChI=1S/C7H9FN2O/c1-11-6-2-3-10-5(4-8)7(6)9/h2-3H,4,9H2,1H3. The monoisotopic (exact) mass is 156 g/mol. The van der Waals surface area contributed by atoms with Gasteiger partial charge in [-0.2, -0.15) is 0 Å². The van der Waals surface area contributed by atoms with Crippen LogP contribution in [0.5, 0.6) is 5.75 Å². The fraction of sp³-hybridized carbons (Fsp3) is 0.286. The molecule has 0 atom stereocenters. The van der Waals surface area contributed by atoms with E-state index in [-0.39, 0.29) is 11.4 Å². The van der Waals surface area contributed by atoms with Crippen LogP contribution in [0, 0.1) is 0 Å². The Morgan fingerprint density at radius 1 is 1.73 bits per heavy atom. The van der Waals surface area contributed by atoms with Crippen molar-refractivity contribution in [3.63, 3.8) is 0 Å². The smallest absolute Gasteiger partial charge is 0.145 e. The van der Waals surface area contributed by atoms with Crippen molar-refractivity contribution in [2.24, 2.45) is 0 Å². The third-order valence-corrected chi connectivity index (χ3v) is 1.38. The molecule has 0 fully saturated rings. The van der Waals surface area contributed by atoms with Crippen LogP contribution in [0.15, 0.2) is 12.3 Å². The van der Waals surface area contributed by atoms with E-state index in [1.54, 1.807) is 6.07 Å². The average molecular weight is 156 g/mol. The van der Waals surface area contributed by atoms with Gasteiger partial charge >= 0.3 is 0 Å². The number of nitrogens with two attached hydrogens (primary N) is 1. The van der Waals surface area contributed by atoms with Crippen molar-refractivity contribution >= 4 is 5.69 Å². The van der Waals surface area contributed by atoms with Crippen LogP contribution < -0.4 is 10.5 Å². The first-order chi connectivity index (χ1) is 5.29. The van der Waals surface area contributed by atoms with Gasteiger partial charge in [0.1, 0.15) is 12.4 Å². The predicted molar refractivity (Wildman–Crippen MR) is 40.0 cm³/mol. The number of alkyl halides is 1. The molecule has 0 spiro atoms. The molecule has 1 rings (SSSR count). The maximum Gasteiger partial charge on any atom is 0.145 e. The Balaban J connectivity index is 3.10. The van der Waals surface area contributed by atoms with Gasteiger partial charge in [-0.15, -0.1) is 0 Å². The largest absolute Gasteiger partial charge is 0.494 e. The van der Waals surface area contributed by atoms with Gasteiger partial charge in [0, 0.05) is 12.3 Å². The normalized spacial score (nSPS) is 9.64. The molecule has 4 heteroatoms. The highest BCUT2D eigenvalue weighted by atomic mass is 19.1. The van der Waals surface area contributed by atoms with Gasteiger partial charge in [-0.25, -0.2) is 4.39 Å². The Morgan fingerprint density at radius 2 is 2.45 bits per heavy atom. The molecule has 1 aromatic heterocycles. The lowest BCUT2D eigenvalue weighted by Crippen LogP contribution is -1.98. The highest BCUT2D eigenvalue weighted by Gasteiger charge is 2.04. The molecule has 1 heterocycles. The summed E-state index contributed by atoms with van der Waals surface area (Å²) in [5, 5.41) is 0. The van der Waals surface area contributed by atoms with Crippen LogP contribution in [0.3, 0.4) is 0 Å². The zero-order valence-electron chi connectivity index (χ0n) is 6.17. The van der Waals surface area contributed by atoms with Gasteiger partial charge in [-0.05, 0) is 0 Å². The number of nitrogens with zero attached hydrogens (tertiary/aromatic N) is 1. The summed E-state index contributed by atoms with van der Waals surface area (Å²) in [6.07, 6.45) is 1.46. The van der Waals surface area contributed by atoms with Crippen LogP contribution in [-0.4, -0.2) is 12.1 Å². The minimum atomic E-state index is -0.664. The maximum absolute atomic E-state index is 12.1. The van der Waals surface area contributed by atoms with Crippen LogP contribution in [0.25, 0.3) is 0 Å². The molecule has 60 valence electrons. The second-order valence-electron chi connectivity index (χ2n) is 2.01. The molecule has 0 unspecified atom stereocenters. The third kappa shape index (κ3) is 1.39. The van der Waals surface area contributed by atoms with E-state index < -0.39 is 6.67 Å². The van der Waals surface area contributed by atoms with Crippen LogP contribution in [0.2, 0.25) is 0 Å². The number of aromatic nitrogens is 1. The third-order valence-electron chi connectivity index (χ3n) is 1.38. The molecule has 11 heavy (non-hydrogen) atoms. The summed E-state index contributed by atoms with van der Waals surface area (Å²) in [4.78, 5) is 3.73. The lowest BCUT2D eigenvalue weighted by Gasteiger charge is -2.05. The van der Waals surface area contributed by atoms with Crippen molar-refractivity contribution in [3.8, 4) is 5.75 Å². The van der Waals surface area contributed by atoms with Crippen LogP contribution in [0.4, 0.5) is 10.1 Å². The highest BCUT2D eigenvalue weighted by molar-refractivity contribution is 5.55. The van der Waals surface area contributed by atoms with Crippen molar-refractivity contribution in [3.05, 3.63) is 18.0 Å². The minimum Gasteiger partial charge on any atom is -0.494 e. The van der Waals surface area contributed by atoms with E-state index in [2.05, 4.69) is 4.98 Å². The topological polar surface area (TPSA) is 48.1 Å². The Bertz CT molecular complexity index is 230. The van der Waals surface area contributed by atoms with E-state index in [9.17, 15) is 4.39 Å². The van der Waals surface area contributed by atoms with E-state index >= 15 is 0 Å². The van der Waals surface area contributed by atoms with Crippen molar-refractivity contribution in [1.29, 1.82) is 0 Å². The zero-order valence-corrected chi connectivity index (χ0v) is 6.17. The Morgan fingerprint density at radius 3 is 3.00 bits per heavy atom. The number of nitrogen functional groups attached to an aromatic ring is 1. The van der Waals surface area contributed by atoms with Crippen molar-refractivity contribution in [2.45, 2.75) is 6.67 Å². The molecule has 1 aromatic rings. The molecular formula is C7H9FN2O. The number of rotatable bonds is 2. The van der Waals surface area contributed by atoms with Crippen LogP contribution in [-0.2, 0) is 6.67 Å². The first-order valence-corrected chi connectivity index (χ1v) is 3.13. The van der Waals surface area contributed by atoms with Gasteiger partial charge in [0.25, 0.3) is 0 Å². The summed E-state index contributed by atoms with van der Waals surface area (Å²) in [5.41, 5.74) is 5.98. The van der Waals surface area contributed by atoms with Crippen molar-refractivity contribution in [2.75, 3.05) is 12.8 Å². The quantitative estimate of drug-likeness (QED) is 0.698. The highest BCUT2D eigenvalue weighted by Crippen LogP contribution is 2.22. The second-order valence-corrected chi connectivity index (χ2v) is 2.01. The average Bonchev–Trinajstić information content (AvgIpc) is 2.05. The fourth-order valence-electron chi connectivity index (χ4n) is 0.781. The molecule has 0 amide bonds. The van der Waals surface area contributed by atoms with Crippen molar-refractivity contribution in [1.82, 2.24) is 4.98 Å². The predicted octanol–water partition coefficient (Wildman–Crippen LogP) is 1.14. The van der Waals surface area contributed by atoms with Gasteiger partial charge in [-0.3, -0.25) is 4.98 Å². The lowest BCUT2D eigenvalue weighted by atomic mass is 10.3. The Kier molecular flexibility index (Phi) is 2.25. The number of halogens is 1. The Labute approximate surface area is 64.0 Å². The molecule has 0 aliphatic carbocycles. The fourth-order valence-corrected chi connectivity index (χ4v) is 0.781. The second kappa shape index (κ2) is 3.18. The molecule has 0 radical (unpaired) electrons. The molecule has 0 bridgehead atoms. The number of pyridine rings is 1. The zero-order chi connectivity index (χ0) is 8.27. The molecule has 0 saturated heterocycles. The number of methoxy groups -OCH3 is 1. The van der Waals surface area contributed by atoms with Gasteiger partial charge in [0.15, 0.2) is 0 Å². The molecule has 2 N–H and O–H groups in total. The van der Waals surface area contributed by atoms with E-state index in [1.807, 2.05) is 0 Å². The molecular weight excluding hydrogens is 147 g/mol. The summed E-state index contributed by atoms with van der Waals surface area (Å²) < 4.78 is 17.0. The summed E-state index contributed by atoms with van der Waals surface area (Å²) in [7, 11) is 1.48. The first-order valence-electron chi connectivity index (χ1n) is 3.13. The Hall–Kier alpha value is -1.32. The van der Waals surface area contributed by atoms with E-state index in [1.165, 1.54) is 13.3 Å². The van der Waals surface area contributed by atoms with Gasteiger partial charge < -0.3 is 10.5 Å². The summed E-state index contributed by atoms with van der Waals surface area (Å²) in [6, 6.07) is 1.59. The molecule has 0 aromatic carbocycles. The summed E-state index contributed by atoms with van der Waals surface area (Å²) in [5.74, 6) is 0.465.